The number of hydrogen-bond donors (Lipinski definition) is 1. The Morgan fingerprint density at radius 3 is 1.45 bits per heavy atom. The van der Waals surface area contributed by atoms with Crippen LogP contribution in [0.1, 0.15) is 162 Å². The molecule has 38 heavy (non-hydrogen) atoms. The number of carboxylic acids is 1. The second-order valence-electron chi connectivity index (χ2n) is 13.0. The Bertz CT molecular complexity index is 558. The summed E-state index contributed by atoms with van der Waals surface area (Å²) in [5.41, 5.74) is 0. The number of likely N-dealkylation sites (N-methyl/N-ethyl adjacent to an activating group) is 1. The molecule has 0 aliphatic carbocycles. The molecule has 0 aromatic heterocycles. The molecule has 0 amide bonds. The summed E-state index contributed by atoms with van der Waals surface area (Å²) in [7, 11) is 5.93. The maximum absolute atomic E-state index is 12.1. The number of rotatable bonds is 28. The molecule has 0 bridgehead atoms. The van der Waals surface area contributed by atoms with E-state index in [1.807, 2.05) is 21.1 Å². The number of unbranched alkanes of at least 4 members (excludes halogenated alkanes) is 17. The van der Waals surface area contributed by atoms with Crippen molar-refractivity contribution in [1.29, 1.82) is 0 Å². The smallest absolute Gasteiger partial charge is 0.307 e. The molecule has 1 N–H and O–H groups in total. The van der Waals surface area contributed by atoms with E-state index in [4.69, 9.17) is 9.84 Å². The van der Waals surface area contributed by atoms with Crippen molar-refractivity contribution in [1.82, 2.24) is 0 Å². The molecule has 5 nitrogen and oxygen atoms in total. The van der Waals surface area contributed by atoms with E-state index in [0.717, 1.165) is 18.8 Å². The van der Waals surface area contributed by atoms with Crippen molar-refractivity contribution in [2.45, 2.75) is 168 Å². The molecule has 0 spiro atoms. The standard InChI is InChI=1S/C33H65NO4/c1-6-7-8-9-10-11-13-16-19-22-25-30(2)26-23-20-17-14-12-15-18-21-24-27-33(37)38-31(28-32(35)36)29-34(3,4)5/h30-31H,6-29H2,1-5H3/p+1. The van der Waals surface area contributed by atoms with Gasteiger partial charge in [-0.1, -0.05) is 142 Å². The third kappa shape index (κ3) is 27.9. The lowest BCUT2D eigenvalue weighted by atomic mass is 9.95. The lowest BCUT2D eigenvalue weighted by Gasteiger charge is -2.28. The van der Waals surface area contributed by atoms with E-state index >= 15 is 0 Å². The van der Waals surface area contributed by atoms with Gasteiger partial charge in [-0.25, -0.2) is 0 Å². The van der Waals surface area contributed by atoms with Gasteiger partial charge in [0.15, 0.2) is 6.10 Å². The van der Waals surface area contributed by atoms with Gasteiger partial charge in [-0.05, 0) is 12.3 Å². The molecule has 0 heterocycles. The molecule has 0 aliphatic heterocycles. The fourth-order valence-electron chi connectivity index (χ4n) is 5.32. The zero-order valence-corrected chi connectivity index (χ0v) is 26.2. The second kappa shape index (κ2) is 24.9. The van der Waals surface area contributed by atoms with Gasteiger partial charge in [-0.2, -0.15) is 0 Å². The molecule has 0 radical (unpaired) electrons. The molecule has 0 saturated heterocycles. The Kier molecular flexibility index (Phi) is 24.2. The van der Waals surface area contributed by atoms with Gasteiger partial charge >= 0.3 is 11.9 Å². The highest BCUT2D eigenvalue weighted by Crippen LogP contribution is 2.19. The van der Waals surface area contributed by atoms with Crippen LogP contribution in [0.2, 0.25) is 0 Å². The van der Waals surface area contributed by atoms with Crippen LogP contribution in [-0.2, 0) is 14.3 Å². The summed E-state index contributed by atoms with van der Waals surface area (Å²) in [5, 5.41) is 9.07. The number of carbonyl (C=O) groups excluding carboxylic acids is 1. The van der Waals surface area contributed by atoms with Gasteiger partial charge in [0.1, 0.15) is 6.54 Å². The number of ether oxygens (including phenoxy) is 1. The average molecular weight is 541 g/mol. The van der Waals surface area contributed by atoms with Gasteiger partial charge in [-0.15, -0.1) is 0 Å². The van der Waals surface area contributed by atoms with E-state index in [9.17, 15) is 9.59 Å². The minimum atomic E-state index is -0.921. The predicted molar refractivity (Wildman–Crippen MR) is 161 cm³/mol. The number of aliphatic carboxylic acids is 1. The molecule has 0 fully saturated rings. The first-order valence-electron chi connectivity index (χ1n) is 16.4. The summed E-state index contributed by atoms with van der Waals surface area (Å²) in [6.45, 7) is 5.24. The quantitative estimate of drug-likeness (QED) is 0.0610. The summed E-state index contributed by atoms with van der Waals surface area (Å²) in [6, 6.07) is 0. The first-order valence-corrected chi connectivity index (χ1v) is 16.4. The van der Waals surface area contributed by atoms with Crippen LogP contribution >= 0.6 is 0 Å². The zero-order valence-electron chi connectivity index (χ0n) is 26.2. The maximum Gasteiger partial charge on any atom is 0.307 e. The topological polar surface area (TPSA) is 63.6 Å². The molecular formula is C33H66NO4+. The van der Waals surface area contributed by atoms with Crippen LogP contribution in [0.15, 0.2) is 0 Å². The van der Waals surface area contributed by atoms with Crippen molar-refractivity contribution >= 4 is 11.9 Å². The summed E-state index contributed by atoms with van der Waals surface area (Å²) >= 11 is 0. The van der Waals surface area contributed by atoms with Crippen LogP contribution in [0.3, 0.4) is 0 Å². The van der Waals surface area contributed by atoms with Crippen LogP contribution < -0.4 is 0 Å². The van der Waals surface area contributed by atoms with Crippen LogP contribution in [0, 0.1) is 5.92 Å². The molecule has 0 rings (SSSR count). The van der Waals surface area contributed by atoms with Gasteiger partial charge in [-0.3, -0.25) is 9.59 Å². The predicted octanol–water partition coefficient (Wildman–Crippen LogP) is 9.32. The van der Waals surface area contributed by atoms with Crippen LogP contribution in [0.4, 0.5) is 0 Å². The summed E-state index contributed by atoms with van der Waals surface area (Å²) in [5.74, 6) is -0.287. The molecule has 0 saturated carbocycles. The number of esters is 1. The van der Waals surface area contributed by atoms with Gasteiger partial charge in [0.25, 0.3) is 0 Å². The molecule has 2 atom stereocenters. The Morgan fingerprint density at radius 1 is 0.658 bits per heavy atom. The first kappa shape index (κ1) is 36.9. The van der Waals surface area contributed by atoms with Gasteiger partial charge in [0.05, 0.1) is 27.6 Å². The normalized spacial score (nSPS) is 13.4. The van der Waals surface area contributed by atoms with Gasteiger partial charge in [0, 0.05) is 6.42 Å². The molecule has 0 aromatic carbocycles. The van der Waals surface area contributed by atoms with E-state index in [1.165, 1.54) is 122 Å². The van der Waals surface area contributed by atoms with Crippen molar-refractivity contribution in [2.75, 3.05) is 27.7 Å². The highest BCUT2D eigenvalue weighted by Gasteiger charge is 2.24. The third-order valence-electron chi connectivity index (χ3n) is 7.58. The average Bonchev–Trinajstić information content (AvgIpc) is 2.82. The Labute approximate surface area is 237 Å². The number of nitrogens with zero attached hydrogens (tertiary/aromatic N) is 1. The number of carbonyl (C=O) groups is 2. The fourth-order valence-corrected chi connectivity index (χ4v) is 5.32. The minimum Gasteiger partial charge on any atom is -0.481 e. The number of carboxylic acid groups (broad SMARTS) is 1. The molecule has 2 unspecified atom stereocenters. The van der Waals surface area contributed by atoms with Gasteiger partial charge < -0.3 is 14.3 Å². The SMILES string of the molecule is CCCCCCCCCCCCC(C)CCCCCCCCCCCC(=O)OC(CC(=O)O)C[N+](C)(C)C. The molecule has 0 aliphatic rings. The third-order valence-corrected chi connectivity index (χ3v) is 7.58. The highest BCUT2D eigenvalue weighted by molar-refractivity contribution is 5.71. The van der Waals surface area contributed by atoms with Crippen molar-refractivity contribution in [3.63, 3.8) is 0 Å². The fraction of sp³-hybridized carbons (Fsp3) is 0.939. The molecule has 0 aromatic rings. The Balaban J connectivity index is 3.50. The molecule has 226 valence electrons. The van der Waals surface area contributed by atoms with E-state index in [1.54, 1.807) is 0 Å². The summed E-state index contributed by atoms with van der Waals surface area (Å²) < 4.78 is 6.03. The second-order valence-corrected chi connectivity index (χ2v) is 13.0. The van der Waals surface area contributed by atoms with E-state index in [2.05, 4.69) is 13.8 Å². The lowest BCUT2D eigenvalue weighted by molar-refractivity contribution is -0.873. The largest absolute Gasteiger partial charge is 0.481 e. The van der Waals surface area contributed by atoms with Crippen LogP contribution in [0.5, 0.6) is 0 Å². The van der Waals surface area contributed by atoms with E-state index < -0.39 is 12.1 Å². The number of hydrogen-bond acceptors (Lipinski definition) is 3. The molecular weight excluding hydrogens is 474 g/mol. The highest BCUT2D eigenvalue weighted by atomic mass is 16.5. The summed E-state index contributed by atoms with van der Waals surface area (Å²) in [4.78, 5) is 23.2. The minimum absolute atomic E-state index is 0.125. The van der Waals surface area contributed by atoms with Crippen LogP contribution in [0.25, 0.3) is 0 Å². The van der Waals surface area contributed by atoms with E-state index in [-0.39, 0.29) is 12.4 Å². The van der Waals surface area contributed by atoms with Crippen molar-refractivity contribution in [2.24, 2.45) is 5.92 Å². The van der Waals surface area contributed by atoms with Crippen molar-refractivity contribution in [3.8, 4) is 0 Å². The first-order chi connectivity index (χ1) is 18.1. The molecule has 5 heteroatoms. The van der Waals surface area contributed by atoms with Gasteiger partial charge in [0.2, 0.25) is 0 Å². The summed E-state index contributed by atoms with van der Waals surface area (Å²) in [6.07, 6.45) is 27.8. The van der Waals surface area contributed by atoms with Crippen molar-refractivity contribution in [3.05, 3.63) is 0 Å². The maximum atomic E-state index is 12.1. The van der Waals surface area contributed by atoms with Crippen LogP contribution in [-0.4, -0.2) is 55.3 Å². The number of quaternary nitrogens is 1. The zero-order chi connectivity index (χ0) is 28.5. The monoisotopic (exact) mass is 540 g/mol. The van der Waals surface area contributed by atoms with E-state index in [0.29, 0.717) is 17.4 Å². The Morgan fingerprint density at radius 2 is 1.05 bits per heavy atom. The lowest BCUT2D eigenvalue weighted by Crippen LogP contribution is -2.43. The Hall–Kier alpha value is -1.10. The van der Waals surface area contributed by atoms with Crippen molar-refractivity contribution < 1.29 is 23.9 Å².